The highest BCUT2D eigenvalue weighted by atomic mass is 16.5. The highest BCUT2D eigenvalue weighted by Gasteiger charge is 2.24. The Morgan fingerprint density at radius 3 is 2.43 bits per heavy atom. The third-order valence-corrected chi connectivity index (χ3v) is 3.88. The molecular weight excluding hydrogens is 268 g/mol. The van der Waals surface area contributed by atoms with E-state index in [1.165, 1.54) is 5.69 Å². The molecular formula is C16H20N2O3. The van der Waals surface area contributed by atoms with Gasteiger partial charge in [0.25, 0.3) is 0 Å². The highest BCUT2D eigenvalue weighted by molar-refractivity contribution is 5.55. The number of nitrogens with one attached hydrogen (secondary N) is 1. The minimum Gasteiger partial charge on any atom is -0.493 e. The minimum atomic E-state index is 0.127. The molecule has 3 rings (SSSR count). The van der Waals surface area contributed by atoms with Gasteiger partial charge in [0, 0.05) is 25.0 Å². The second kappa shape index (κ2) is 5.69. The second-order valence-electron chi connectivity index (χ2n) is 4.97. The molecule has 0 bridgehead atoms. The Balaban J connectivity index is 2.08. The molecule has 1 aliphatic rings. The van der Waals surface area contributed by atoms with Crippen LogP contribution in [0.5, 0.6) is 17.2 Å². The number of ether oxygens (including phenoxy) is 3. The number of hydrogen-bond donors (Lipinski definition) is 1. The number of aromatic nitrogens is 1. The Morgan fingerprint density at radius 1 is 1.10 bits per heavy atom. The van der Waals surface area contributed by atoms with Crippen molar-refractivity contribution in [2.45, 2.75) is 12.6 Å². The van der Waals surface area contributed by atoms with Gasteiger partial charge in [0.15, 0.2) is 11.5 Å². The molecule has 5 nitrogen and oxygen atoms in total. The summed E-state index contributed by atoms with van der Waals surface area (Å²) in [6.07, 6.45) is 2.11. The van der Waals surface area contributed by atoms with Crippen molar-refractivity contribution >= 4 is 0 Å². The normalized spacial score (nSPS) is 17.2. The van der Waals surface area contributed by atoms with Crippen LogP contribution in [0.1, 0.15) is 17.3 Å². The van der Waals surface area contributed by atoms with Gasteiger partial charge in [-0.3, -0.25) is 0 Å². The number of hydrogen-bond acceptors (Lipinski definition) is 4. The van der Waals surface area contributed by atoms with Gasteiger partial charge in [0.1, 0.15) is 0 Å². The lowest BCUT2D eigenvalue weighted by Crippen LogP contribution is -2.33. The molecule has 21 heavy (non-hydrogen) atoms. The monoisotopic (exact) mass is 288 g/mol. The maximum Gasteiger partial charge on any atom is 0.203 e. The van der Waals surface area contributed by atoms with Gasteiger partial charge < -0.3 is 24.1 Å². The molecule has 1 N–H and O–H groups in total. The molecule has 0 amide bonds. The average molecular weight is 288 g/mol. The predicted octanol–water partition coefficient (Wildman–Crippen LogP) is 2.21. The fourth-order valence-corrected chi connectivity index (χ4v) is 2.88. The van der Waals surface area contributed by atoms with Crippen molar-refractivity contribution in [2.75, 3.05) is 27.9 Å². The van der Waals surface area contributed by atoms with Crippen molar-refractivity contribution in [3.05, 3.63) is 41.7 Å². The number of benzene rings is 1. The van der Waals surface area contributed by atoms with E-state index in [2.05, 4.69) is 28.2 Å². The highest BCUT2D eigenvalue weighted by Crippen LogP contribution is 2.41. The summed E-state index contributed by atoms with van der Waals surface area (Å²) in [7, 11) is 4.89. The molecule has 0 unspecified atom stereocenters. The van der Waals surface area contributed by atoms with Gasteiger partial charge in [-0.1, -0.05) is 0 Å². The minimum absolute atomic E-state index is 0.127. The van der Waals surface area contributed by atoms with Gasteiger partial charge in [0.05, 0.1) is 27.4 Å². The SMILES string of the molecule is COc1cc([C@H]2NCCn3cccc32)cc(OC)c1OC. The maximum absolute atomic E-state index is 5.44. The number of rotatable bonds is 4. The van der Waals surface area contributed by atoms with E-state index in [1.54, 1.807) is 21.3 Å². The van der Waals surface area contributed by atoms with Crippen LogP contribution >= 0.6 is 0 Å². The Hall–Kier alpha value is -2.14. The summed E-state index contributed by atoms with van der Waals surface area (Å²) < 4.78 is 18.5. The molecule has 1 aromatic heterocycles. The van der Waals surface area contributed by atoms with Gasteiger partial charge in [0.2, 0.25) is 5.75 Å². The number of methoxy groups -OCH3 is 3. The van der Waals surface area contributed by atoms with Gasteiger partial charge >= 0.3 is 0 Å². The summed E-state index contributed by atoms with van der Waals surface area (Å²) in [4.78, 5) is 0. The summed E-state index contributed by atoms with van der Waals surface area (Å²) in [5, 5.41) is 3.55. The van der Waals surface area contributed by atoms with E-state index in [1.807, 2.05) is 12.1 Å². The van der Waals surface area contributed by atoms with Crippen LogP contribution in [0.25, 0.3) is 0 Å². The van der Waals surface area contributed by atoms with Crippen LogP contribution in [0.4, 0.5) is 0 Å². The molecule has 5 heteroatoms. The third kappa shape index (κ3) is 2.34. The molecule has 0 radical (unpaired) electrons. The Morgan fingerprint density at radius 2 is 1.81 bits per heavy atom. The molecule has 1 atom stereocenters. The first-order valence-electron chi connectivity index (χ1n) is 6.96. The van der Waals surface area contributed by atoms with Crippen LogP contribution in [-0.2, 0) is 6.54 Å². The van der Waals surface area contributed by atoms with Crippen molar-refractivity contribution in [3.8, 4) is 17.2 Å². The summed E-state index contributed by atoms with van der Waals surface area (Å²) >= 11 is 0. The molecule has 112 valence electrons. The van der Waals surface area contributed by atoms with Gasteiger partial charge in [-0.15, -0.1) is 0 Å². The summed E-state index contributed by atoms with van der Waals surface area (Å²) in [6.45, 7) is 1.92. The van der Waals surface area contributed by atoms with Crippen molar-refractivity contribution < 1.29 is 14.2 Å². The van der Waals surface area contributed by atoms with Crippen molar-refractivity contribution in [2.24, 2.45) is 0 Å². The lowest BCUT2D eigenvalue weighted by molar-refractivity contribution is 0.323. The van der Waals surface area contributed by atoms with Crippen molar-refractivity contribution in [3.63, 3.8) is 0 Å². The van der Waals surface area contributed by atoms with Gasteiger partial charge in [-0.25, -0.2) is 0 Å². The molecule has 1 aromatic carbocycles. The van der Waals surface area contributed by atoms with E-state index in [0.717, 1.165) is 18.7 Å². The van der Waals surface area contributed by atoms with Gasteiger partial charge in [-0.2, -0.15) is 0 Å². The van der Waals surface area contributed by atoms with E-state index in [9.17, 15) is 0 Å². The lowest BCUT2D eigenvalue weighted by Gasteiger charge is -2.27. The molecule has 1 aliphatic heterocycles. The molecule has 0 saturated carbocycles. The van der Waals surface area contributed by atoms with Crippen LogP contribution in [0.2, 0.25) is 0 Å². The van der Waals surface area contributed by atoms with E-state index in [0.29, 0.717) is 17.2 Å². The van der Waals surface area contributed by atoms with Crippen LogP contribution in [0.3, 0.4) is 0 Å². The summed E-state index contributed by atoms with van der Waals surface area (Å²) in [5.41, 5.74) is 2.35. The van der Waals surface area contributed by atoms with Crippen LogP contribution < -0.4 is 19.5 Å². The molecule has 0 saturated heterocycles. The zero-order valence-electron chi connectivity index (χ0n) is 12.6. The maximum atomic E-state index is 5.44. The molecule has 2 heterocycles. The van der Waals surface area contributed by atoms with Crippen LogP contribution in [0.15, 0.2) is 30.5 Å². The van der Waals surface area contributed by atoms with Crippen molar-refractivity contribution in [1.29, 1.82) is 0 Å². The van der Waals surface area contributed by atoms with E-state index in [4.69, 9.17) is 14.2 Å². The zero-order valence-corrected chi connectivity index (χ0v) is 12.6. The Kier molecular flexibility index (Phi) is 3.75. The van der Waals surface area contributed by atoms with E-state index < -0.39 is 0 Å². The van der Waals surface area contributed by atoms with Gasteiger partial charge in [-0.05, 0) is 29.8 Å². The third-order valence-electron chi connectivity index (χ3n) is 3.88. The number of nitrogens with zero attached hydrogens (tertiary/aromatic N) is 1. The van der Waals surface area contributed by atoms with Crippen molar-refractivity contribution in [1.82, 2.24) is 9.88 Å². The average Bonchev–Trinajstić information content (AvgIpc) is 3.01. The van der Waals surface area contributed by atoms with E-state index in [-0.39, 0.29) is 6.04 Å². The van der Waals surface area contributed by atoms with Crippen LogP contribution in [-0.4, -0.2) is 32.4 Å². The number of fused-ring (bicyclic) bond motifs is 1. The Bertz CT molecular complexity index is 611. The zero-order chi connectivity index (χ0) is 14.8. The first-order chi connectivity index (χ1) is 10.3. The molecule has 2 aromatic rings. The molecule has 0 spiro atoms. The fraction of sp³-hybridized carbons (Fsp3) is 0.375. The topological polar surface area (TPSA) is 44.7 Å². The lowest BCUT2D eigenvalue weighted by atomic mass is 10.0. The van der Waals surface area contributed by atoms with E-state index >= 15 is 0 Å². The smallest absolute Gasteiger partial charge is 0.203 e. The summed E-state index contributed by atoms with van der Waals surface area (Å²) in [5.74, 6) is 1.98. The largest absolute Gasteiger partial charge is 0.493 e. The van der Waals surface area contributed by atoms with Crippen LogP contribution in [0, 0.1) is 0 Å². The Labute approximate surface area is 124 Å². The summed E-state index contributed by atoms with van der Waals surface area (Å²) in [6, 6.07) is 8.35. The first-order valence-corrected chi connectivity index (χ1v) is 6.96. The standard InChI is InChI=1S/C16H20N2O3/c1-19-13-9-11(10-14(20-2)16(13)21-3)15-12-5-4-7-18(12)8-6-17-15/h4-5,7,9-10,15,17H,6,8H2,1-3H3/t15-/m1/s1. The molecule has 0 fully saturated rings. The second-order valence-corrected chi connectivity index (χ2v) is 4.97. The quantitative estimate of drug-likeness (QED) is 0.937. The first kappa shape index (κ1) is 13.8. The fourth-order valence-electron chi connectivity index (χ4n) is 2.88. The predicted molar refractivity (Wildman–Crippen MR) is 80.4 cm³/mol. The molecule has 0 aliphatic carbocycles.